The molecule has 94 valence electrons. The third kappa shape index (κ3) is 2.91. The molecular formula is C12H19N3O2. The zero-order valence-corrected chi connectivity index (χ0v) is 10.5. The van der Waals surface area contributed by atoms with Gasteiger partial charge in [-0.2, -0.15) is 4.98 Å². The van der Waals surface area contributed by atoms with E-state index < -0.39 is 0 Å². The number of aryl methyl sites for hydroxylation is 1. The smallest absolute Gasteiger partial charge is 0.240 e. The van der Waals surface area contributed by atoms with Crippen LogP contribution in [0.1, 0.15) is 38.4 Å². The van der Waals surface area contributed by atoms with Gasteiger partial charge in [-0.3, -0.25) is 9.69 Å². The molecule has 17 heavy (non-hydrogen) atoms. The van der Waals surface area contributed by atoms with E-state index in [2.05, 4.69) is 22.0 Å². The van der Waals surface area contributed by atoms with Gasteiger partial charge in [-0.15, -0.1) is 0 Å². The molecule has 0 aromatic carbocycles. The zero-order chi connectivity index (χ0) is 12.3. The van der Waals surface area contributed by atoms with Gasteiger partial charge < -0.3 is 4.52 Å². The second-order valence-corrected chi connectivity index (χ2v) is 4.51. The summed E-state index contributed by atoms with van der Waals surface area (Å²) in [6, 6.07) is 0. The van der Waals surface area contributed by atoms with Crippen molar-refractivity contribution in [3.05, 3.63) is 11.7 Å². The zero-order valence-electron chi connectivity index (χ0n) is 10.5. The molecule has 0 N–H and O–H groups in total. The van der Waals surface area contributed by atoms with Crippen molar-refractivity contribution in [2.24, 2.45) is 5.92 Å². The number of ketones is 1. The molecule has 1 aliphatic rings. The van der Waals surface area contributed by atoms with Gasteiger partial charge in [0.25, 0.3) is 0 Å². The van der Waals surface area contributed by atoms with Gasteiger partial charge >= 0.3 is 0 Å². The Hall–Kier alpha value is -1.23. The lowest BCUT2D eigenvalue weighted by molar-refractivity contribution is -0.126. The van der Waals surface area contributed by atoms with Crippen LogP contribution >= 0.6 is 0 Å². The molecule has 1 aromatic heterocycles. The fourth-order valence-electron chi connectivity index (χ4n) is 2.17. The standard InChI is InChI=1S/C12H19N3O2/c1-3-9-7-15(6-5-10(9)16)8-12-13-11(4-2)14-17-12/h9H,3-8H2,1-2H3. The van der Waals surface area contributed by atoms with Crippen LogP contribution in [-0.4, -0.2) is 33.9 Å². The largest absolute Gasteiger partial charge is 0.338 e. The number of Topliss-reactive ketones (excluding diaryl/α,β-unsaturated/α-hetero) is 1. The molecule has 0 amide bonds. The summed E-state index contributed by atoms with van der Waals surface area (Å²) in [6.45, 7) is 6.35. The SMILES string of the molecule is CCc1noc(CN2CCC(=O)C(CC)C2)n1. The van der Waals surface area contributed by atoms with Crippen molar-refractivity contribution in [1.82, 2.24) is 15.0 Å². The van der Waals surface area contributed by atoms with Gasteiger partial charge in [-0.05, 0) is 6.42 Å². The highest BCUT2D eigenvalue weighted by Gasteiger charge is 2.26. The predicted molar refractivity (Wildman–Crippen MR) is 62.4 cm³/mol. The highest BCUT2D eigenvalue weighted by atomic mass is 16.5. The van der Waals surface area contributed by atoms with Crippen LogP contribution in [0.5, 0.6) is 0 Å². The third-order valence-corrected chi connectivity index (χ3v) is 3.29. The molecule has 0 spiro atoms. The summed E-state index contributed by atoms with van der Waals surface area (Å²) < 4.78 is 5.17. The van der Waals surface area contributed by atoms with Crippen molar-refractivity contribution in [1.29, 1.82) is 0 Å². The molecule has 1 aromatic rings. The number of carbonyl (C=O) groups excluding carboxylic acids is 1. The Bertz CT molecular complexity index is 389. The quantitative estimate of drug-likeness (QED) is 0.793. The van der Waals surface area contributed by atoms with Gasteiger partial charge in [0.15, 0.2) is 5.82 Å². The first-order valence-corrected chi connectivity index (χ1v) is 6.29. The molecular weight excluding hydrogens is 218 g/mol. The fourth-order valence-corrected chi connectivity index (χ4v) is 2.17. The molecule has 1 aliphatic heterocycles. The van der Waals surface area contributed by atoms with Crippen LogP contribution in [-0.2, 0) is 17.8 Å². The first-order valence-electron chi connectivity index (χ1n) is 6.29. The molecule has 1 unspecified atom stereocenters. The molecule has 1 atom stereocenters. The maximum atomic E-state index is 11.6. The fraction of sp³-hybridized carbons (Fsp3) is 0.750. The van der Waals surface area contributed by atoms with Crippen molar-refractivity contribution in [3.8, 4) is 0 Å². The van der Waals surface area contributed by atoms with E-state index in [1.807, 2.05) is 6.92 Å². The average Bonchev–Trinajstić information content (AvgIpc) is 2.79. The average molecular weight is 237 g/mol. The molecule has 1 fully saturated rings. The Kier molecular flexibility index (Phi) is 3.89. The summed E-state index contributed by atoms with van der Waals surface area (Å²) in [7, 11) is 0. The topological polar surface area (TPSA) is 59.2 Å². The maximum Gasteiger partial charge on any atom is 0.240 e. The summed E-state index contributed by atoms with van der Waals surface area (Å²) in [5.41, 5.74) is 0. The van der Waals surface area contributed by atoms with Gasteiger partial charge in [-0.1, -0.05) is 19.0 Å². The third-order valence-electron chi connectivity index (χ3n) is 3.29. The number of piperidine rings is 1. The molecule has 2 rings (SSSR count). The molecule has 2 heterocycles. The van der Waals surface area contributed by atoms with Crippen molar-refractivity contribution >= 4 is 5.78 Å². The minimum absolute atomic E-state index is 0.178. The Morgan fingerprint density at radius 1 is 1.47 bits per heavy atom. The number of aromatic nitrogens is 2. The Labute approximate surface area is 101 Å². The van der Waals surface area contributed by atoms with Crippen molar-refractivity contribution in [2.45, 2.75) is 39.7 Å². The molecule has 0 bridgehead atoms. The van der Waals surface area contributed by atoms with Crippen molar-refractivity contribution < 1.29 is 9.32 Å². The lowest BCUT2D eigenvalue weighted by Gasteiger charge is -2.29. The van der Waals surface area contributed by atoms with Gasteiger partial charge in [-0.25, -0.2) is 0 Å². The maximum absolute atomic E-state index is 11.6. The summed E-state index contributed by atoms with van der Waals surface area (Å²) in [6.07, 6.45) is 2.35. The molecule has 0 aliphatic carbocycles. The Balaban J connectivity index is 1.93. The van der Waals surface area contributed by atoms with Crippen LogP contribution in [0.4, 0.5) is 0 Å². The van der Waals surface area contributed by atoms with E-state index in [-0.39, 0.29) is 5.92 Å². The highest BCUT2D eigenvalue weighted by molar-refractivity contribution is 5.82. The lowest BCUT2D eigenvalue weighted by Crippen LogP contribution is -2.40. The van der Waals surface area contributed by atoms with E-state index in [0.717, 1.165) is 31.8 Å². The van der Waals surface area contributed by atoms with Gasteiger partial charge in [0.1, 0.15) is 5.78 Å². The number of hydrogen-bond acceptors (Lipinski definition) is 5. The summed E-state index contributed by atoms with van der Waals surface area (Å²) in [5, 5.41) is 3.87. The summed E-state index contributed by atoms with van der Waals surface area (Å²) >= 11 is 0. The highest BCUT2D eigenvalue weighted by Crippen LogP contribution is 2.17. The van der Waals surface area contributed by atoms with E-state index in [0.29, 0.717) is 24.6 Å². The van der Waals surface area contributed by atoms with Crippen LogP contribution in [0.3, 0.4) is 0 Å². The van der Waals surface area contributed by atoms with E-state index >= 15 is 0 Å². The number of rotatable bonds is 4. The van der Waals surface area contributed by atoms with Crippen LogP contribution in [0.15, 0.2) is 4.52 Å². The van der Waals surface area contributed by atoms with Crippen LogP contribution in [0.25, 0.3) is 0 Å². The summed E-state index contributed by atoms with van der Waals surface area (Å²) in [5.74, 6) is 1.98. The predicted octanol–water partition coefficient (Wildman–Crippen LogP) is 1.43. The molecule has 5 nitrogen and oxygen atoms in total. The first-order chi connectivity index (χ1) is 8.22. The normalized spacial score (nSPS) is 22.0. The number of nitrogens with zero attached hydrogens (tertiary/aromatic N) is 3. The second kappa shape index (κ2) is 5.40. The lowest BCUT2D eigenvalue weighted by atomic mass is 9.94. The molecule has 0 saturated carbocycles. The minimum Gasteiger partial charge on any atom is -0.338 e. The molecule has 5 heteroatoms. The van der Waals surface area contributed by atoms with Crippen molar-refractivity contribution in [2.75, 3.05) is 13.1 Å². The van der Waals surface area contributed by atoms with Gasteiger partial charge in [0.05, 0.1) is 6.54 Å². The van der Waals surface area contributed by atoms with Gasteiger partial charge in [0, 0.05) is 31.8 Å². The van der Waals surface area contributed by atoms with E-state index in [1.54, 1.807) is 0 Å². The van der Waals surface area contributed by atoms with E-state index in [1.165, 1.54) is 0 Å². The van der Waals surface area contributed by atoms with Gasteiger partial charge in [0.2, 0.25) is 5.89 Å². The monoisotopic (exact) mass is 237 g/mol. The van der Waals surface area contributed by atoms with Crippen LogP contribution in [0.2, 0.25) is 0 Å². The number of carbonyl (C=O) groups is 1. The van der Waals surface area contributed by atoms with E-state index in [4.69, 9.17) is 4.52 Å². The Morgan fingerprint density at radius 3 is 2.94 bits per heavy atom. The van der Waals surface area contributed by atoms with Crippen LogP contribution < -0.4 is 0 Å². The number of hydrogen-bond donors (Lipinski definition) is 0. The van der Waals surface area contributed by atoms with Crippen molar-refractivity contribution in [3.63, 3.8) is 0 Å². The summed E-state index contributed by atoms with van der Waals surface area (Å²) in [4.78, 5) is 18.1. The number of likely N-dealkylation sites (tertiary alicyclic amines) is 1. The second-order valence-electron chi connectivity index (χ2n) is 4.51. The minimum atomic E-state index is 0.178. The molecule has 0 radical (unpaired) electrons. The van der Waals surface area contributed by atoms with E-state index in [9.17, 15) is 4.79 Å². The first kappa shape index (κ1) is 12.2. The Morgan fingerprint density at radius 2 is 2.29 bits per heavy atom. The molecule has 1 saturated heterocycles. The van der Waals surface area contributed by atoms with Crippen LogP contribution in [0, 0.1) is 5.92 Å².